The van der Waals surface area contributed by atoms with E-state index in [0.29, 0.717) is 35.2 Å². The number of aromatic nitrogens is 2. The Morgan fingerprint density at radius 3 is 2.06 bits per heavy atom. The second kappa shape index (κ2) is 10.4. The highest BCUT2D eigenvalue weighted by Gasteiger charge is 2.09. The first-order valence-electron chi connectivity index (χ1n) is 10.5. The van der Waals surface area contributed by atoms with E-state index in [2.05, 4.69) is 10.4 Å². The lowest BCUT2D eigenvalue weighted by atomic mass is 10.2. The molecule has 0 aliphatic carbocycles. The van der Waals surface area contributed by atoms with Crippen molar-refractivity contribution in [1.29, 1.82) is 0 Å². The summed E-state index contributed by atoms with van der Waals surface area (Å²) in [5.41, 5.74) is 2.23. The van der Waals surface area contributed by atoms with E-state index in [1.165, 1.54) is 16.8 Å². The van der Waals surface area contributed by atoms with E-state index < -0.39 is 0 Å². The van der Waals surface area contributed by atoms with Gasteiger partial charge < -0.3 is 19.5 Å². The van der Waals surface area contributed by atoms with Crippen molar-refractivity contribution in [3.8, 4) is 23.1 Å². The average Bonchev–Trinajstić information content (AvgIpc) is 2.89. The predicted molar refractivity (Wildman–Crippen MR) is 128 cm³/mol. The van der Waals surface area contributed by atoms with E-state index in [1.54, 1.807) is 62.8 Å². The Morgan fingerprint density at radius 2 is 1.44 bits per heavy atom. The molecule has 3 aromatic carbocycles. The lowest BCUT2D eigenvalue weighted by Crippen LogP contribution is -2.20. The Labute approximate surface area is 196 Å². The molecule has 1 heterocycles. The Bertz CT molecular complexity index is 1310. The molecule has 0 aliphatic rings. The van der Waals surface area contributed by atoms with Gasteiger partial charge in [-0.3, -0.25) is 9.59 Å². The Hall–Kier alpha value is -4.59. The lowest BCUT2D eigenvalue weighted by molar-refractivity contribution is 0.102. The van der Waals surface area contributed by atoms with Crippen LogP contribution < -0.4 is 25.1 Å². The molecule has 0 atom stereocenters. The lowest BCUT2D eigenvalue weighted by Gasteiger charge is -2.10. The summed E-state index contributed by atoms with van der Waals surface area (Å²) in [6, 6.07) is 24.0. The number of hydrogen-bond acceptors (Lipinski definition) is 6. The monoisotopic (exact) mass is 457 g/mol. The van der Waals surface area contributed by atoms with E-state index in [1.807, 2.05) is 24.3 Å². The van der Waals surface area contributed by atoms with Crippen LogP contribution >= 0.6 is 0 Å². The van der Waals surface area contributed by atoms with Gasteiger partial charge in [-0.1, -0.05) is 12.1 Å². The maximum atomic E-state index is 12.5. The van der Waals surface area contributed by atoms with Crippen LogP contribution in [-0.4, -0.2) is 29.9 Å². The molecule has 1 N–H and O–H groups in total. The Kier molecular flexibility index (Phi) is 6.88. The highest BCUT2D eigenvalue weighted by Crippen LogP contribution is 2.17. The smallest absolute Gasteiger partial charge is 0.271 e. The van der Waals surface area contributed by atoms with Crippen LogP contribution in [0.1, 0.15) is 15.9 Å². The van der Waals surface area contributed by atoms with Crippen molar-refractivity contribution in [2.24, 2.45) is 0 Å². The third kappa shape index (κ3) is 5.42. The molecule has 4 rings (SSSR count). The molecule has 0 saturated heterocycles. The highest BCUT2D eigenvalue weighted by atomic mass is 16.5. The maximum Gasteiger partial charge on any atom is 0.271 e. The van der Waals surface area contributed by atoms with Gasteiger partial charge in [-0.05, 0) is 66.2 Å². The summed E-state index contributed by atoms with van der Waals surface area (Å²) >= 11 is 0. The molecule has 1 aromatic heterocycles. The largest absolute Gasteiger partial charge is 0.497 e. The second-order valence-electron chi connectivity index (χ2n) is 7.29. The fourth-order valence-corrected chi connectivity index (χ4v) is 3.17. The molecule has 172 valence electrons. The van der Waals surface area contributed by atoms with E-state index in [-0.39, 0.29) is 11.5 Å². The van der Waals surface area contributed by atoms with E-state index in [9.17, 15) is 9.59 Å². The van der Waals surface area contributed by atoms with Crippen LogP contribution in [0.15, 0.2) is 89.7 Å². The van der Waals surface area contributed by atoms with Crippen LogP contribution in [0.4, 0.5) is 5.69 Å². The zero-order chi connectivity index (χ0) is 23.9. The number of anilines is 1. The van der Waals surface area contributed by atoms with Crippen LogP contribution in [-0.2, 0) is 6.61 Å². The normalized spacial score (nSPS) is 10.4. The summed E-state index contributed by atoms with van der Waals surface area (Å²) in [7, 11) is 3.19. The molecular formula is C26H23N3O5. The SMILES string of the molecule is COc1ccc(COc2ccc(=O)n(-c3ccc(C(=O)Nc4ccc(OC)cc4)cc3)n2)cc1. The first kappa shape index (κ1) is 22.6. The summed E-state index contributed by atoms with van der Waals surface area (Å²) in [4.78, 5) is 24.9. The van der Waals surface area contributed by atoms with Crippen molar-refractivity contribution in [2.75, 3.05) is 19.5 Å². The Morgan fingerprint density at radius 1 is 0.824 bits per heavy atom. The highest BCUT2D eigenvalue weighted by molar-refractivity contribution is 6.04. The summed E-state index contributed by atoms with van der Waals surface area (Å²) < 4.78 is 17.2. The number of ether oxygens (including phenoxy) is 3. The summed E-state index contributed by atoms with van der Waals surface area (Å²) in [5.74, 6) is 1.50. The van der Waals surface area contributed by atoms with Gasteiger partial charge >= 0.3 is 0 Å². The molecule has 0 spiro atoms. The van der Waals surface area contributed by atoms with Gasteiger partial charge in [0, 0.05) is 23.4 Å². The average molecular weight is 457 g/mol. The first-order valence-corrected chi connectivity index (χ1v) is 10.5. The second-order valence-corrected chi connectivity index (χ2v) is 7.29. The number of methoxy groups -OCH3 is 2. The van der Waals surface area contributed by atoms with Crippen molar-refractivity contribution >= 4 is 11.6 Å². The van der Waals surface area contributed by atoms with Gasteiger partial charge in [-0.2, -0.15) is 4.68 Å². The number of amides is 1. The zero-order valence-corrected chi connectivity index (χ0v) is 18.7. The summed E-state index contributed by atoms with van der Waals surface area (Å²) in [6.07, 6.45) is 0. The zero-order valence-electron chi connectivity index (χ0n) is 18.7. The van der Waals surface area contributed by atoms with Crippen LogP contribution in [0.5, 0.6) is 17.4 Å². The van der Waals surface area contributed by atoms with Crippen molar-refractivity contribution in [1.82, 2.24) is 9.78 Å². The number of carbonyl (C=O) groups is 1. The topological polar surface area (TPSA) is 91.7 Å². The van der Waals surface area contributed by atoms with Gasteiger partial charge in [-0.15, -0.1) is 5.10 Å². The minimum absolute atomic E-state index is 0.270. The minimum atomic E-state index is -0.313. The number of carbonyl (C=O) groups excluding carboxylic acids is 1. The fraction of sp³-hybridized carbons (Fsp3) is 0.115. The molecule has 34 heavy (non-hydrogen) atoms. The van der Waals surface area contributed by atoms with E-state index in [0.717, 1.165) is 11.3 Å². The van der Waals surface area contributed by atoms with Crippen molar-refractivity contribution < 1.29 is 19.0 Å². The molecule has 0 radical (unpaired) electrons. The number of benzene rings is 3. The number of rotatable bonds is 8. The van der Waals surface area contributed by atoms with E-state index in [4.69, 9.17) is 14.2 Å². The van der Waals surface area contributed by atoms with E-state index >= 15 is 0 Å². The quantitative estimate of drug-likeness (QED) is 0.429. The third-order valence-corrected chi connectivity index (χ3v) is 5.04. The van der Waals surface area contributed by atoms with Gasteiger partial charge in [0.25, 0.3) is 11.5 Å². The number of nitrogens with zero attached hydrogens (tertiary/aromatic N) is 2. The maximum absolute atomic E-state index is 12.5. The standard InChI is InChI=1S/C26H23N3O5/c1-32-22-11-3-18(4-12-22)17-34-24-15-16-25(30)29(28-24)21-9-5-19(6-10-21)26(31)27-20-7-13-23(33-2)14-8-20/h3-16H,17H2,1-2H3,(H,27,31). The Balaban J connectivity index is 1.44. The third-order valence-electron chi connectivity index (χ3n) is 5.04. The summed E-state index contributed by atoms with van der Waals surface area (Å²) in [6.45, 7) is 0.291. The molecule has 4 aromatic rings. The molecule has 0 fully saturated rings. The van der Waals surface area contributed by atoms with Gasteiger partial charge in [0.2, 0.25) is 5.88 Å². The van der Waals surface area contributed by atoms with Gasteiger partial charge in [-0.25, -0.2) is 0 Å². The van der Waals surface area contributed by atoms with Crippen LogP contribution in [0.2, 0.25) is 0 Å². The first-order chi connectivity index (χ1) is 16.6. The molecule has 8 nitrogen and oxygen atoms in total. The van der Waals surface area contributed by atoms with Crippen LogP contribution in [0.3, 0.4) is 0 Å². The van der Waals surface area contributed by atoms with Gasteiger partial charge in [0.15, 0.2) is 0 Å². The van der Waals surface area contributed by atoms with Crippen molar-refractivity contribution in [3.63, 3.8) is 0 Å². The molecule has 1 amide bonds. The molecule has 0 bridgehead atoms. The number of hydrogen-bond donors (Lipinski definition) is 1. The van der Waals surface area contributed by atoms with Crippen molar-refractivity contribution in [3.05, 3.63) is 106 Å². The predicted octanol–water partition coefficient (Wildman–Crippen LogP) is 4.08. The van der Waals surface area contributed by atoms with Crippen LogP contribution in [0, 0.1) is 0 Å². The van der Waals surface area contributed by atoms with Gasteiger partial charge in [0.1, 0.15) is 18.1 Å². The van der Waals surface area contributed by atoms with Gasteiger partial charge in [0.05, 0.1) is 19.9 Å². The molecular weight excluding hydrogens is 434 g/mol. The molecule has 8 heteroatoms. The fourth-order valence-electron chi connectivity index (χ4n) is 3.17. The molecule has 0 unspecified atom stereocenters. The molecule has 0 saturated carbocycles. The van der Waals surface area contributed by atoms with Crippen molar-refractivity contribution in [2.45, 2.75) is 6.61 Å². The summed E-state index contributed by atoms with van der Waals surface area (Å²) in [5, 5.41) is 7.12. The van der Waals surface area contributed by atoms with Crippen LogP contribution in [0.25, 0.3) is 5.69 Å². The molecule has 0 aliphatic heterocycles. The minimum Gasteiger partial charge on any atom is -0.497 e. The number of nitrogens with one attached hydrogen (secondary N) is 1.